The van der Waals surface area contributed by atoms with Crippen LogP contribution in [0, 0.1) is 5.82 Å². The molecule has 3 aromatic heterocycles. The standard InChI is InChI=1S/C20H17F3N8O2/c21-12-6-2-1-4-10(12)8-31-19-11(5-3-7-26-19)14(30-31)18-28-16(24)15(17(25)29-18)27-20(32)33-9-13(22)23/h1-7,13H,8-9H2,(H,27,32)(H4,24,25,28,29). The van der Waals surface area contributed by atoms with Gasteiger partial charge in [-0.15, -0.1) is 0 Å². The lowest BCUT2D eigenvalue weighted by molar-refractivity contribution is 0.0548. The van der Waals surface area contributed by atoms with E-state index < -0.39 is 24.9 Å². The summed E-state index contributed by atoms with van der Waals surface area (Å²) in [4.78, 5) is 24.2. The summed E-state index contributed by atoms with van der Waals surface area (Å²) in [7, 11) is 0. The number of nitrogens with two attached hydrogens (primary N) is 2. The summed E-state index contributed by atoms with van der Waals surface area (Å²) in [5, 5.41) is 7.18. The molecule has 4 rings (SSSR count). The Hall–Kier alpha value is -4.42. The molecular formula is C20H17F3N8O2. The Bertz CT molecular complexity index is 1300. The first-order valence-corrected chi connectivity index (χ1v) is 9.53. The number of hydrogen-bond acceptors (Lipinski definition) is 8. The van der Waals surface area contributed by atoms with Gasteiger partial charge >= 0.3 is 6.09 Å². The fourth-order valence-electron chi connectivity index (χ4n) is 3.08. The number of ether oxygens (including phenoxy) is 1. The molecule has 5 N–H and O–H groups in total. The van der Waals surface area contributed by atoms with Crippen LogP contribution in [0.2, 0.25) is 0 Å². The van der Waals surface area contributed by atoms with Crippen LogP contribution in [0.25, 0.3) is 22.6 Å². The number of nitrogen functional groups attached to an aromatic ring is 2. The number of amides is 1. The van der Waals surface area contributed by atoms with Crippen molar-refractivity contribution in [3.8, 4) is 11.5 Å². The number of halogens is 3. The van der Waals surface area contributed by atoms with Gasteiger partial charge in [0.05, 0.1) is 11.9 Å². The number of pyridine rings is 1. The van der Waals surface area contributed by atoms with Crippen LogP contribution in [0.5, 0.6) is 0 Å². The summed E-state index contributed by atoms with van der Waals surface area (Å²) in [6.07, 6.45) is -2.45. The Balaban J connectivity index is 1.69. The number of carbonyl (C=O) groups excluding carboxylic acids is 1. The summed E-state index contributed by atoms with van der Waals surface area (Å²) in [5.41, 5.74) is 12.8. The second kappa shape index (κ2) is 8.98. The molecule has 0 aliphatic carbocycles. The van der Waals surface area contributed by atoms with Crippen LogP contribution in [0.1, 0.15) is 5.56 Å². The van der Waals surface area contributed by atoms with E-state index in [1.807, 2.05) is 0 Å². The number of nitrogens with zero attached hydrogens (tertiary/aromatic N) is 5. The third-order valence-corrected chi connectivity index (χ3v) is 4.53. The molecule has 0 atom stereocenters. The SMILES string of the molecule is Nc1nc(-c2nn(Cc3ccccc3F)c3ncccc23)nc(N)c1NC(=O)OCC(F)F. The minimum atomic E-state index is -2.83. The van der Waals surface area contributed by atoms with E-state index in [0.717, 1.165) is 0 Å². The third kappa shape index (κ3) is 4.61. The molecule has 13 heteroatoms. The smallest absolute Gasteiger partial charge is 0.412 e. The molecule has 3 heterocycles. The van der Waals surface area contributed by atoms with Gasteiger partial charge in [0, 0.05) is 11.8 Å². The molecule has 10 nitrogen and oxygen atoms in total. The maximum atomic E-state index is 14.2. The lowest BCUT2D eigenvalue weighted by Crippen LogP contribution is -2.20. The van der Waals surface area contributed by atoms with Gasteiger partial charge in [-0.3, -0.25) is 5.32 Å². The molecule has 0 saturated heterocycles. The van der Waals surface area contributed by atoms with Gasteiger partial charge in [0.15, 0.2) is 29.7 Å². The van der Waals surface area contributed by atoms with Gasteiger partial charge in [0.1, 0.15) is 17.2 Å². The van der Waals surface area contributed by atoms with Crippen LogP contribution in [0.15, 0.2) is 42.6 Å². The van der Waals surface area contributed by atoms with E-state index >= 15 is 0 Å². The zero-order valence-corrected chi connectivity index (χ0v) is 16.9. The number of carbonyl (C=O) groups is 1. The molecule has 170 valence electrons. The fraction of sp³-hybridized carbons (Fsp3) is 0.150. The molecule has 0 radical (unpaired) electrons. The van der Waals surface area contributed by atoms with Crippen molar-refractivity contribution in [2.45, 2.75) is 13.0 Å². The van der Waals surface area contributed by atoms with E-state index in [9.17, 15) is 18.0 Å². The molecule has 33 heavy (non-hydrogen) atoms. The van der Waals surface area contributed by atoms with Crippen molar-refractivity contribution in [3.05, 3.63) is 54.0 Å². The molecule has 0 aliphatic heterocycles. The number of fused-ring (bicyclic) bond motifs is 1. The Morgan fingerprint density at radius 2 is 1.85 bits per heavy atom. The van der Waals surface area contributed by atoms with Crippen LogP contribution < -0.4 is 16.8 Å². The average molecular weight is 458 g/mol. The Labute approximate surface area is 184 Å². The number of rotatable bonds is 6. The molecule has 4 aromatic rings. The van der Waals surface area contributed by atoms with Gasteiger partial charge in [-0.25, -0.2) is 37.6 Å². The summed E-state index contributed by atoms with van der Waals surface area (Å²) in [6, 6.07) is 9.68. The maximum absolute atomic E-state index is 14.2. The van der Waals surface area contributed by atoms with Crippen LogP contribution >= 0.6 is 0 Å². The summed E-state index contributed by atoms with van der Waals surface area (Å²) in [5.74, 6) is -0.821. The molecule has 0 saturated carbocycles. The van der Waals surface area contributed by atoms with E-state index in [1.165, 1.54) is 10.7 Å². The number of hydrogen-bond donors (Lipinski definition) is 3. The lowest BCUT2D eigenvalue weighted by Gasteiger charge is -2.11. The molecule has 0 bridgehead atoms. The van der Waals surface area contributed by atoms with Gasteiger partial charge in [0.2, 0.25) is 0 Å². The highest BCUT2D eigenvalue weighted by molar-refractivity contribution is 5.94. The number of anilines is 3. The highest BCUT2D eigenvalue weighted by Gasteiger charge is 2.21. The van der Waals surface area contributed by atoms with Crippen molar-refractivity contribution in [2.24, 2.45) is 0 Å². The molecule has 1 aromatic carbocycles. The summed E-state index contributed by atoms with van der Waals surface area (Å²) < 4.78 is 44.4. The van der Waals surface area contributed by atoms with Crippen LogP contribution in [-0.2, 0) is 11.3 Å². The van der Waals surface area contributed by atoms with Crippen LogP contribution in [0.4, 0.5) is 35.3 Å². The first-order valence-electron chi connectivity index (χ1n) is 9.53. The number of aromatic nitrogens is 5. The zero-order chi connectivity index (χ0) is 23.5. The monoisotopic (exact) mass is 458 g/mol. The Morgan fingerprint density at radius 1 is 1.12 bits per heavy atom. The molecule has 0 fully saturated rings. The van der Waals surface area contributed by atoms with Gasteiger partial charge in [-0.2, -0.15) is 5.10 Å². The van der Waals surface area contributed by atoms with Gasteiger partial charge in [0.25, 0.3) is 6.43 Å². The van der Waals surface area contributed by atoms with Crippen LogP contribution in [0.3, 0.4) is 0 Å². The molecule has 1 amide bonds. The second-order valence-corrected chi connectivity index (χ2v) is 6.78. The number of nitrogens with one attached hydrogen (secondary N) is 1. The zero-order valence-electron chi connectivity index (χ0n) is 16.9. The highest BCUT2D eigenvalue weighted by atomic mass is 19.3. The first-order chi connectivity index (χ1) is 15.8. The maximum Gasteiger partial charge on any atom is 0.412 e. The summed E-state index contributed by atoms with van der Waals surface area (Å²) in [6.45, 7) is -0.996. The van der Waals surface area contributed by atoms with Crippen molar-refractivity contribution >= 4 is 34.4 Å². The largest absolute Gasteiger partial charge is 0.443 e. The van der Waals surface area contributed by atoms with E-state index in [-0.39, 0.29) is 35.4 Å². The van der Waals surface area contributed by atoms with Crippen LogP contribution in [-0.4, -0.2) is 43.9 Å². The predicted octanol–water partition coefficient (Wildman–Crippen LogP) is 3.05. The van der Waals surface area contributed by atoms with Crippen molar-refractivity contribution < 1.29 is 22.7 Å². The number of benzene rings is 1. The molecule has 0 aliphatic rings. The topological polar surface area (TPSA) is 147 Å². The van der Waals surface area contributed by atoms with Crippen molar-refractivity contribution in [3.63, 3.8) is 0 Å². The molecule has 0 spiro atoms. The quantitative estimate of drug-likeness (QED) is 0.399. The predicted molar refractivity (Wildman–Crippen MR) is 114 cm³/mol. The van der Waals surface area contributed by atoms with E-state index in [1.54, 1.807) is 36.5 Å². The molecule has 0 unspecified atom stereocenters. The van der Waals surface area contributed by atoms with E-state index in [0.29, 0.717) is 16.6 Å². The first kappa shape index (κ1) is 21.8. The third-order valence-electron chi connectivity index (χ3n) is 4.53. The highest BCUT2D eigenvalue weighted by Crippen LogP contribution is 2.30. The second-order valence-electron chi connectivity index (χ2n) is 6.78. The molecular weight excluding hydrogens is 441 g/mol. The van der Waals surface area contributed by atoms with E-state index in [2.05, 4.69) is 30.1 Å². The van der Waals surface area contributed by atoms with E-state index in [4.69, 9.17) is 11.5 Å². The minimum Gasteiger partial charge on any atom is -0.443 e. The summed E-state index contributed by atoms with van der Waals surface area (Å²) >= 11 is 0. The van der Waals surface area contributed by atoms with Gasteiger partial charge in [-0.05, 0) is 18.2 Å². The Kier molecular flexibility index (Phi) is 5.93. The van der Waals surface area contributed by atoms with Gasteiger partial charge < -0.3 is 16.2 Å². The normalized spacial score (nSPS) is 11.2. The van der Waals surface area contributed by atoms with Crippen molar-refractivity contribution in [2.75, 3.05) is 23.4 Å². The number of alkyl halides is 2. The van der Waals surface area contributed by atoms with Crippen molar-refractivity contribution in [1.29, 1.82) is 0 Å². The van der Waals surface area contributed by atoms with Gasteiger partial charge in [-0.1, -0.05) is 18.2 Å². The fourth-order valence-corrected chi connectivity index (χ4v) is 3.08. The minimum absolute atomic E-state index is 0.0294. The average Bonchev–Trinajstić information content (AvgIpc) is 3.15. The Morgan fingerprint density at radius 3 is 2.55 bits per heavy atom. The van der Waals surface area contributed by atoms with Crippen molar-refractivity contribution in [1.82, 2.24) is 24.7 Å². The lowest BCUT2D eigenvalue weighted by atomic mass is 10.2.